The molecular weight excluding hydrogens is 214 g/mol. The van der Waals surface area contributed by atoms with E-state index in [9.17, 15) is 0 Å². The van der Waals surface area contributed by atoms with Gasteiger partial charge in [-0.2, -0.15) is 0 Å². The first-order valence-electron chi connectivity index (χ1n) is 6.26. The van der Waals surface area contributed by atoms with E-state index in [1.54, 1.807) is 7.11 Å². The Balaban J connectivity index is 2.66. The Kier molecular flexibility index (Phi) is 6.40. The normalized spacial score (nSPS) is 10.3. The molecular formula is C13H23N3O. The molecule has 0 spiro atoms. The fourth-order valence-electron chi connectivity index (χ4n) is 1.59. The summed E-state index contributed by atoms with van der Waals surface area (Å²) in [6.07, 6.45) is 1.10. The van der Waals surface area contributed by atoms with Crippen molar-refractivity contribution in [2.75, 3.05) is 43.6 Å². The van der Waals surface area contributed by atoms with Gasteiger partial charge in [-0.25, -0.2) is 4.98 Å². The number of ether oxygens (including phenoxy) is 1. The second kappa shape index (κ2) is 7.90. The molecule has 0 atom stereocenters. The predicted octanol–water partition coefficient (Wildman–Crippen LogP) is 2.38. The van der Waals surface area contributed by atoms with Crippen LogP contribution in [0.3, 0.4) is 0 Å². The maximum absolute atomic E-state index is 5.11. The van der Waals surface area contributed by atoms with Crippen LogP contribution >= 0.6 is 0 Å². The van der Waals surface area contributed by atoms with Gasteiger partial charge in [0.25, 0.3) is 0 Å². The number of nitrogens with one attached hydrogen (secondary N) is 1. The van der Waals surface area contributed by atoms with E-state index in [0.29, 0.717) is 0 Å². The van der Waals surface area contributed by atoms with Crippen molar-refractivity contribution in [3.05, 3.63) is 18.2 Å². The summed E-state index contributed by atoms with van der Waals surface area (Å²) in [5.74, 6) is 1.95. The van der Waals surface area contributed by atoms with E-state index in [-0.39, 0.29) is 0 Å². The fraction of sp³-hybridized carbons (Fsp3) is 0.615. The maximum atomic E-state index is 5.11. The van der Waals surface area contributed by atoms with Crippen LogP contribution in [0.15, 0.2) is 18.2 Å². The van der Waals surface area contributed by atoms with Crippen molar-refractivity contribution in [1.82, 2.24) is 4.98 Å². The van der Waals surface area contributed by atoms with Crippen molar-refractivity contribution in [1.29, 1.82) is 0 Å². The number of hydrogen-bond donors (Lipinski definition) is 1. The third kappa shape index (κ3) is 4.61. The molecule has 0 fully saturated rings. The molecule has 0 saturated heterocycles. The molecule has 1 rings (SSSR count). The third-order valence-corrected chi connectivity index (χ3v) is 2.56. The number of anilines is 2. The highest BCUT2D eigenvalue weighted by Crippen LogP contribution is 2.13. The summed E-state index contributed by atoms with van der Waals surface area (Å²) in [4.78, 5) is 6.80. The van der Waals surface area contributed by atoms with Gasteiger partial charge in [-0.1, -0.05) is 13.0 Å². The molecule has 0 radical (unpaired) electrons. The second-order valence-electron chi connectivity index (χ2n) is 3.88. The Morgan fingerprint density at radius 2 is 2.18 bits per heavy atom. The van der Waals surface area contributed by atoms with Crippen molar-refractivity contribution >= 4 is 11.6 Å². The Bertz CT molecular complexity index is 317. The Labute approximate surface area is 104 Å². The lowest BCUT2D eigenvalue weighted by Crippen LogP contribution is -2.27. The molecule has 1 aromatic rings. The molecule has 0 aliphatic carbocycles. The molecule has 0 saturated carbocycles. The molecule has 4 heteroatoms. The van der Waals surface area contributed by atoms with Crippen LogP contribution in [-0.2, 0) is 4.74 Å². The Morgan fingerprint density at radius 3 is 2.82 bits per heavy atom. The van der Waals surface area contributed by atoms with Crippen LogP contribution in [0.4, 0.5) is 11.6 Å². The van der Waals surface area contributed by atoms with Gasteiger partial charge in [0, 0.05) is 26.7 Å². The molecule has 1 aromatic heterocycles. The quantitative estimate of drug-likeness (QED) is 0.753. The standard InChI is InChI=1S/C13H23N3O/c1-4-9-14-12-7-6-8-13(15-12)16(5-2)10-11-17-3/h6-8H,4-5,9-11H2,1-3H3,(H,14,15). The highest BCUT2D eigenvalue weighted by Gasteiger charge is 2.05. The minimum atomic E-state index is 0.724. The van der Waals surface area contributed by atoms with Crippen LogP contribution < -0.4 is 10.2 Å². The van der Waals surface area contributed by atoms with Crippen molar-refractivity contribution in [3.8, 4) is 0 Å². The topological polar surface area (TPSA) is 37.4 Å². The van der Waals surface area contributed by atoms with Crippen LogP contribution in [-0.4, -0.2) is 38.3 Å². The minimum absolute atomic E-state index is 0.724. The molecule has 0 aliphatic heterocycles. The first kappa shape index (κ1) is 13.8. The molecule has 0 unspecified atom stereocenters. The van der Waals surface area contributed by atoms with Gasteiger partial charge in [0.15, 0.2) is 0 Å². The number of pyridine rings is 1. The van der Waals surface area contributed by atoms with E-state index < -0.39 is 0 Å². The smallest absolute Gasteiger partial charge is 0.131 e. The summed E-state index contributed by atoms with van der Waals surface area (Å²) < 4.78 is 5.11. The average molecular weight is 237 g/mol. The van der Waals surface area contributed by atoms with Gasteiger partial charge < -0.3 is 15.0 Å². The van der Waals surface area contributed by atoms with Crippen LogP contribution in [0.5, 0.6) is 0 Å². The maximum Gasteiger partial charge on any atom is 0.131 e. The number of nitrogens with zero attached hydrogens (tertiary/aromatic N) is 2. The number of hydrogen-bond acceptors (Lipinski definition) is 4. The van der Waals surface area contributed by atoms with Crippen LogP contribution in [0.1, 0.15) is 20.3 Å². The molecule has 0 amide bonds. The van der Waals surface area contributed by atoms with Gasteiger partial charge in [-0.05, 0) is 25.5 Å². The lowest BCUT2D eigenvalue weighted by Gasteiger charge is -2.22. The van der Waals surface area contributed by atoms with Crippen molar-refractivity contribution < 1.29 is 4.74 Å². The van der Waals surface area contributed by atoms with E-state index in [4.69, 9.17) is 4.74 Å². The number of rotatable bonds is 8. The summed E-state index contributed by atoms with van der Waals surface area (Å²) in [5.41, 5.74) is 0. The zero-order valence-corrected chi connectivity index (χ0v) is 11.1. The summed E-state index contributed by atoms with van der Waals surface area (Å²) in [6, 6.07) is 6.08. The van der Waals surface area contributed by atoms with Gasteiger partial charge in [0.2, 0.25) is 0 Å². The van der Waals surface area contributed by atoms with E-state index >= 15 is 0 Å². The minimum Gasteiger partial charge on any atom is -0.383 e. The van der Waals surface area contributed by atoms with Crippen molar-refractivity contribution in [2.45, 2.75) is 20.3 Å². The SMILES string of the molecule is CCCNc1cccc(N(CC)CCOC)n1. The predicted molar refractivity (Wildman–Crippen MR) is 72.8 cm³/mol. The van der Waals surface area contributed by atoms with E-state index in [1.165, 1.54) is 0 Å². The third-order valence-electron chi connectivity index (χ3n) is 2.56. The highest BCUT2D eigenvalue weighted by molar-refractivity contribution is 5.46. The summed E-state index contributed by atoms with van der Waals surface area (Å²) >= 11 is 0. The molecule has 96 valence electrons. The van der Waals surface area contributed by atoms with E-state index in [0.717, 1.165) is 44.3 Å². The summed E-state index contributed by atoms with van der Waals surface area (Å²) in [6.45, 7) is 7.77. The van der Waals surface area contributed by atoms with Gasteiger partial charge in [0.05, 0.1) is 6.61 Å². The molecule has 1 N–H and O–H groups in total. The molecule has 4 nitrogen and oxygen atoms in total. The van der Waals surface area contributed by atoms with Gasteiger partial charge in [-0.15, -0.1) is 0 Å². The van der Waals surface area contributed by atoms with Crippen LogP contribution in [0, 0.1) is 0 Å². The Morgan fingerprint density at radius 1 is 1.35 bits per heavy atom. The monoisotopic (exact) mass is 237 g/mol. The lowest BCUT2D eigenvalue weighted by atomic mass is 10.3. The average Bonchev–Trinajstić information content (AvgIpc) is 2.38. The van der Waals surface area contributed by atoms with Gasteiger partial charge in [0.1, 0.15) is 11.6 Å². The molecule has 0 bridgehead atoms. The van der Waals surface area contributed by atoms with E-state index in [1.807, 2.05) is 18.2 Å². The number of aromatic nitrogens is 1. The second-order valence-corrected chi connectivity index (χ2v) is 3.88. The lowest BCUT2D eigenvalue weighted by molar-refractivity contribution is 0.205. The van der Waals surface area contributed by atoms with Gasteiger partial charge >= 0.3 is 0 Å². The number of methoxy groups -OCH3 is 1. The first-order chi connectivity index (χ1) is 8.31. The van der Waals surface area contributed by atoms with Crippen LogP contribution in [0.25, 0.3) is 0 Å². The summed E-state index contributed by atoms with van der Waals surface area (Å²) in [7, 11) is 1.72. The number of likely N-dealkylation sites (N-methyl/N-ethyl adjacent to an activating group) is 1. The zero-order valence-electron chi connectivity index (χ0n) is 11.1. The van der Waals surface area contributed by atoms with Crippen molar-refractivity contribution in [3.63, 3.8) is 0 Å². The molecule has 1 heterocycles. The van der Waals surface area contributed by atoms with Crippen LogP contribution in [0.2, 0.25) is 0 Å². The molecule has 0 aromatic carbocycles. The highest BCUT2D eigenvalue weighted by atomic mass is 16.5. The largest absolute Gasteiger partial charge is 0.383 e. The molecule has 0 aliphatic rings. The van der Waals surface area contributed by atoms with Crippen molar-refractivity contribution in [2.24, 2.45) is 0 Å². The zero-order chi connectivity index (χ0) is 12.5. The summed E-state index contributed by atoms with van der Waals surface area (Å²) in [5, 5.41) is 3.30. The molecule has 17 heavy (non-hydrogen) atoms. The van der Waals surface area contributed by atoms with Gasteiger partial charge in [-0.3, -0.25) is 0 Å². The fourth-order valence-corrected chi connectivity index (χ4v) is 1.59. The first-order valence-corrected chi connectivity index (χ1v) is 6.26. The van der Waals surface area contributed by atoms with E-state index in [2.05, 4.69) is 29.0 Å². The Hall–Kier alpha value is -1.29.